The lowest BCUT2D eigenvalue weighted by atomic mass is 10.2. The molecule has 0 aliphatic carbocycles. The van der Waals surface area contributed by atoms with Gasteiger partial charge in [0.2, 0.25) is 0 Å². The number of hydrogen-bond acceptors (Lipinski definition) is 4. The van der Waals surface area contributed by atoms with Crippen LogP contribution in [0.5, 0.6) is 0 Å². The van der Waals surface area contributed by atoms with Crippen LogP contribution in [-0.4, -0.2) is 51.7 Å². The monoisotopic (exact) mass is 300 g/mol. The van der Waals surface area contributed by atoms with Crippen LogP contribution in [0.2, 0.25) is 0 Å². The molecular formula is C10H13BrN4O2. The number of halogens is 1. The quantitative estimate of drug-likeness (QED) is 0.849. The molecule has 0 spiro atoms. The van der Waals surface area contributed by atoms with Crippen molar-refractivity contribution in [1.29, 1.82) is 0 Å². The van der Waals surface area contributed by atoms with Crippen LogP contribution in [0.3, 0.4) is 0 Å². The summed E-state index contributed by atoms with van der Waals surface area (Å²) in [6, 6.07) is -0.0355. The molecular weight excluding hydrogens is 288 g/mol. The van der Waals surface area contributed by atoms with Crippen LogP contribution < -0.4 is 4.90 Å². The van der Waals surface area contributed by atoms with Gasteiger partial charge in [-0.3, -0.25) is 0 Å². The van der Waals surface area contributed by atoms with Crippen molar-refractivity contribution in [3.63, 3.8) is 0 Å². The fourth-order valence-electron chi connectivity index (χ4n) is 1.92. The highest BCUT2D eigenvalue weighted by Gasteiger charge is 2.27. The topological polar surface area (TPSA) is 69.6 Å². The Morgan fingerprint density at radius 2 is 2.24 bits per heavy atom. The van der Waals surface area contributed by atoms with Gasteiger partial charge in [-0.25, -0.2) is 14.8 Å². The Morgan fingerprint density at radius 3 is 2.76 bits per heavy atom. The van der Waals surface area contributed by atoms with Crippen molar-refractivity contribution in [2.24, 2.45) is 0 Å². The molecule has 1 fully saturated rings. The van der Waals surface area contributed by atoms with E-state index in [-0.39, 0.29) is 6.04 Å². The highest BCUT2D eigenvalue weighted by atomic mass is 79.9. The molecule has 6 nitrogen and oxygen atoms in total. The second-order valence-electron chi connectivity index (χ2n) is 3.97. The van der Waals surface area contributed by atoms with Crippen molar-refractivity contribution >= 4 is 27.8 Å². The first-order chi connectivity index (χ1) is 8.08. The third-order valence-electron chi connectivity index (χ3n) is 2.80. The van der Waals surface area contributed by atoms with E-state index in [0.29, 0.717) is 24.2 Å². The summed E-state index contributed by atoms with van der Waals surface area (Å²) in [4.78, 5) is 22.8. The van der Waals surface area contributed by atoms with Gasteiger partial charge in [-0.1, -0.05) is 0 Å². The van der Waals surface area contributed by atoms with Gasteiger partial charge in [0.15, 0.2) is 0 Å². The van der Waals surface area contributed by atoms with Crippen LogP contribution >= 0.6 is 15.9 Å². The molecule has 1 atom stereocenters. The maximum atomic E-state index is 10.9. The number of carboxylic acid groups (broad SMARTS) is 1. The normalized spacial score (nSPS) is 20.5. The summed E-state index contributed by atoms with van der Waals surface area (Å²) in [5.74, 6) is 0.782. The molecule has 2 rings (SSSR count). The lowest BCUT2D eigenvalue weighted by molar-refractivity contribution is 0.122. The lowest BCUT2D eigenvalue weighted by Crippen LogP contribution is -2.53. The molecule has 1 amide bonds. The summed E-state index contributed by atoms with van der Waals surface area (Å²) in [6.07, 6.45) is 2.47. The molecule has 1 aliphatic rings. The van der Waals surface area contributed by atoms with Crippen LogP contribution in [0.15, 0.2) is 17.0 Å². The molecule has 17 heavy (non-hydrogen) atoms. The number of hydrogen-bond donors (Lipinski definition) is 1. The Labute approximate surface area is 107 Å². The highest BCUT2D eigenvalue weighted by molar-refractivity contribution is 9.10. The number of piperazine rings is 1. The van der Waals surface area contributed by atoms with Gasteiger partial charge >= 0.3 is 6.09 Å². The molecule has 1 saturated heterocycles. The summed E-state index contributed by atoms with van der Waals surface area (Å²) >= 11 is 3.23. The Balaban J connectivity index is 2.06. The van der Waals surface area contributed by atoms with Crippen molar-refractivity contribution < 1.29 is 9.90 Å². The van der Waals surface area contributed by atoms with Crippen LogP contribution in [0.1, 0.15) is 6.92 Å². The van der Waals surface area contributed by atoms with E-state index >= 15 is 0 Å². The molecule has 1 N–H and O–H groups in total. The average Bonchev–Trinajstić information content (AvgIpc) is 2.29. The predicted octanol–water partition coefficient (Wildman–Crippen LogP) is 1.43. The zero-order valence-corrected chi connectivity index (χ0v) is 11.0. The van der Waals surface area contributed by atoms with E-state index in [9.17, 15) is 4.79 Å². The van der Waals surface area contributed by atoms with Crippen molar-refractivity contribution in [3.8, 4) is 0 Å². The van der Waals surface area contributed by atoms with E-state index in [1.807, 2.05) is 11.8 Å². The predicted molar refractivity (Wildman–Crippen MR) is 66.1 cm³/mol. The first-order valence-electron chi connectivity index (χ1n) is 5.30. The maximum absolute atomic E-state index is 10.9. The van der Waals surface area contributed by atoms with Gasteiger partial charge in [-0.15, -0.1) is 0 Å². The molecule has 0 saturated carbocycles. The highest BCUT2D eigenvalue weighted by Crippen LogP contribution is 2.17. The summed E-state index contributed by atoms with van der Waals surface area (Å²) in [7, 11) is 0. The van der Waals surface area contributed by atoms with E-state index in [4.69, 9.17) is 5.11 Å². The fraction of sp³-hybridized carbons (Fsp3) is 0.500. The fourth-order valence-corrected chi connectivity index (χ4v) is 2.12. The summed E-state index contributed by atoms with van der Waals surface area (Å²) < 4.78 is 0.693. The SMILES string of the molecule is C[C@H]1CN(c2cnc(Br)cn2)CCN1C(=O)O. The third-order valence-corrected chi connectivity index (χ3v) is 3.21. The zero-order valence-electron chi connectivity index (χ0n) is 9.38. The minimum Gasteiger partial charge on any atom is -0.465 e. The maximum Gasteiger partial charge on any atom is 0.407 e. The molecule has 0 bridgehead atoms. The molecule has 0 unspecified atom stereocenters. The zero-order chi connectivity index (χ0) is 12.4. The Kier molecular flexibility index (Phi) is 3.46. The van der Waals surface area contributed by atoms with Gasteiger partial charge in [0, 0.05) is 25.7 Å². The van der Waals surface area contributed by atoms with E-state index in [1.165, 1.54) is 4.90 Å². The molecule has 92 valence electrons. The van der Waals surface area contributed by atoms with Gasteiger partial charge < -0.3 is 14.9 Å². The van der Waals surface area contributed by atoms with Crippen molar-refractivity contribution in [2.45, 2.75) is 13.0 Å². The molecule has 1 aromatic heterocycles. The number of aromatic nitrogens is 2. The minimum absolute atomic E-state index is 0.0355. The smallest absolute Gasteiger partial charge is 0.407 e. The largest absolute Gasteiger partial charge is 0.465 e. The van der Waals surface area contributed by atoms with Crippen LogP contribution in [0.25, 0.3) is 0 Å². The minimum atomic E-state index is -0.862. The van der Waals surface area contributed by atoms with Gasteiger partial charge in [0.1, 0.15) is 10.4 Å². The standard InChI is InChI=1S/C10H13BrN4O2/c1-7-6-14(2-3-15(7)10(16)17)9-5-12-8(11)4-13-9/h4-5,7H,2-3,6H2,1H3,(H,16,17)/t7-/m0/s1. The van der Waals surface area contributed by atoms with Crippen molar-refractivity contribution in [2.75, 3.05) is 24.5 Å². The number of anilines is 1. The summed E-state index contributed by atoms with van der Waals surface area (Å²) in [6.45, 7) is 3.68. The van der Waals surface area contributed by atoms with Crippen LogP contribution in [-0.2, 0) is 0 Å². The second-order valence-corrected chi connectivity index (χ2v) is 4.78. The first kappa shape index (κ1) is 12.1. The Morgan fingerprint density at radius 1 is 1.47 bits per heavy atom. The third kappa shape index (κ3) is 2.66. The molecule has 1 aromatic rings. The van der Waals surface area contributed by atoms with Crippen LogP contribution in [0, 0.1) is 0 Å². The lowest BCUT2D eigenvalue weighted by Gasteiger charge is -2.38. The van der Waals surface area contributed by atoms with Gasteiger partial charge in [-0.05, 0) is 22.9 Å². The van der Waals surface area contributed by atoms with Gasteiger partial charge in [0.05, 0.1) is 12.4 Å². The van der Waals surface area contributed by atoms with E-state index in [1.54, 1.807) is 12.4 Å². The van der Waals surface area contributed by atoms with E-state index in [0.717, 1.165) is 5.82 Å². The molecule has 7 heteroatoms. The molecule has 2 heterocycles. The van der Waals surface area contributed by atoms with Crippen molar-refractivity contribution in [3.05, 3.63) is 17.0 Å². The van der Waals surface area contributed by atoms with Gasteiger partial charge in [0.25, 0.3) is 0 Å². The van der Waals surface area contributed by atoms with E-state index < -0.39 is 6.09 Å². The average molecular weight is 301 g/mol. The Bertz CT molecular complexity index is 411. The molecule has 0 aromatic carbocycles. The second kappa shape index (κ2) is 4.87. The first-order valence-corrected chi connectivity index (χ1v) is 6.09. The van der Waals surface area contributed by atoms with E-state index in [2.05, 4.69) is 25.9 Å². The number of carbonyl (C=O) groups is 1. The molecule has 0 radical (unpaired) electrons. The van der Waals surface area contributed by atoms with Gasteiger partial charge in [-0.2, -0.15) is 0 Å². The summed E-state index contributed by atoms with van der Waals surface area (Å²) in [5, 5.41) is 8.98. The van der Waals surface area contributed by atoms with Crippen LogP contribution in [0.4, 0.5) is 10.6 Å². The van der Waals surface area contributed by atoms with Crippen molar-refractivity contribution in [1.82, 2.24) is 14.9 Å². The number of nitrogens with zero attached hydrogens (tertiary/aromatic N) is 4. The molecule has 1 aliphatic heterocycles. The Hall–Kier alpha value is -1.37. The summed E-state index contributed by atoms with van der Waals surface area (Å²) in [5.41, 5.74) is 0. The number of amides is 1. The number of rotatable bonds is 1.